The summed E-state index contributed by atoms with van der Waals surface area (Å²) in [5.74, 6) is -0.556. The Morgan fingerprint density at radius 1 is 1.25 bits per heavy atom. The molecular formula is C17H16FN3O5S2. The van der Waals surface area contributed by atoms with Crippen LogP contribution in [0.2, 0.25) is 0 Å². The molecule has 11 heteroatoms. The maximum atomic E-state index is 13.1. The van der Waals surface area contributed by atoms with E-state index in [9.17, 15) is 22.9 Å². The lowest BCUT2D eigenvalue weighted by atomic mass is 10.3. The number of rotatable bonds is 7. The summed E-state index contributed by atoms with van der Waals surface area (Å²) < 4.78 is 49.7. The summed E-state index contributed by atoms with van der Waals surface area (Å²) in [5.41, 5.74) is 0.516. The maximum Gasteiger partial charge on any atom is 0.285 e. The van der Waals surface area contributed by atoms with Crippen molar-refractivity contribution in [2.45, 2.75) is 18.4 Å². The maximum absolute atomic E-state index is 13.1. The van der Waals surface area contributed by atoms with Gasteiger partial charge in [-0.3, -0.25) is 10.1 Å². The van der Waals surface area contributed by atoms with Crippen molar-refractivity contribution in [3.05, 3.63) is 63.2 Å². The SMILES string of the molecule is CCOCCn1c(=NS(=O)(=O)c2ccc(F)cc2)sc2cc([N+](=O)[O-])ccc21. The van der Waals surface area contributed by atoms with Crippen LogP contribution in [0, 0.1) is 15.9 Å². The standard InChI is InChI=1S/C17H16FN3O5S2/c1-2-26-10-9-20-15-8-5-13(21(22)23)11-16(15)27-17(20)19-28(24,25)14-6-3-12(18)4-7-14/h3-8,11H,2,9-10H2,1H3. The van der Waals surface area contributed by atoms with E-state index < -0.39 is 20.8 Å². The molecule has 0 unspecified atom stereocenters. The van der Waals surface area contributed by atoms with Gasteiger partial charge in [0.2, 0.25) is 4.80 Å². The first-order valence-electron chi connectivity index (χ1n) is 8.24. The molecule has 0 bridgehead atoms. The summed E-state index contributed by atoms with van der Waals surface area (Å²) in [6, 6.07) is 8.64. The first-order chi connectivity index (χ1) is 13.3. The highest BCUT2D eigenvalue weighted by Crippen LogP contribution is 2.24. The topological polar surface area (TPSA) is 104 Å². The Balaban J connectivity index is 2.16. The van der Waals surface area contributed by atoms with Crippen molar-refractivity contribution in [1.82, 2.24) is 4.57 Å². The van der Waals surface area contributed by atoms with Crippen molar-refractivity contribution in [1.29, 1.82) is 0 Å². The third kappa shape index (κ3) is 4.26. The van der Waals surface area contributed by atoms with Gasteiger partial charge in [-0.15, -0.1) is 4.40 Å². The second-order valence-corrected chi connectivity index (χ2v) is 8.28. The Hall–Kier alpha value is -2.63. The van der Waals surface area contributed by atoms with E-state index in [2.05, 4.69) is 4.40 Å². The number of thiazole rings is 1. The number of benzene rings is 2. The molecule has 0 N–H and O–H groups in total. The predicted octanol–water partition coefficient (Wildman–Crippen LogP) is 3.08. The number of nitro groups is 1. The number of ether oxygens (including phenoxy) is 1. The molecule has 148 valence electrons. The van der Waals surface area contributed by atoms with Crippen LogP contribution >= 0.6 is 11.3 Å². The van der Waals surface area contributed by atoms with E-state index >= 15 is 0 Å². The molecule has 0 radical (unpaired) electrons. The predicted molar refractivity (Wildman–Crippen MR) is 102 cm³/mol. The fourth-order valence-corrected chi connectivity index (χ4v) is 4.82. The van der Waals surface area contributed by atoms with Crippen molar-refractivity contribution in [2.24, 2.45) is 4.40 Å². The van der Waals surface area contributed by atoms with Crippen molar-refractivity contribution in [3.63, 3.8) is 0 Å². The molecule has 0 atom stereocenters. The Morgan fingerprint density at radius 2 is 1.96 bits per heavy atom. The lowest BCUT2D eigenvalue weighted by Crippen LogP contribution is -2.19. The normalized spacial score (nSPS) is 12.6. The van der Waals surface area contributed by atoms with E-state index in [1.165, 1.54) is 12.1 Å². The van der Waals surface area contributed by atoms with Crippen molar-refractivity contribution in [3.8, 4) is 0 Å². The van der Waals surface area contributed by atoms with E-state index in [4.69, 9.17) is 4.74 Å². The van der Waals surface area contributed by atoms with Crippen LogP contribution in [-0.2, 0) is 21.3 Å². The van der Waals surface area contributed by atoms with Gasteiger partial charge in [-0.25, -0.2) is 4.39 Å². The fraction of sp³-hybridized carbons (Fsp3) is 0.235. The van der Waals surface area contributed by atoms with Crippen LogP contribution in [0.3, 0.4) is 0 Å². The zero-order valence-corrected chi connectivity index (χ0v) is 16.4. The molecule has 8 nitrogen and oxygen atoms in total. The average molecular weight is 425 g/mol. The van der Waals surface area contributed by atoms with E-state index in [0.717, 1.165) is 35.6 Å². The summed E-state index contributed by atoms with van der Waals surface area (Å²) in [6.45, 7) is 2.98. The number of aromatic nitrogens is 1. The highest BCUT2D eigenvalue weighted by molar-refractivity contribution is 7.90. The fourth-order valence-electron chi connectivity index (χ4n) is 2.52. The molecule has 2 aromatic carbocycles. The van der Waals surface area contributed by atoms with Gasteiger partial charge in [0, 0.05) is 25.3 Å². The molecular weight excluding hydrogens is 409 g/mol. The third-order valence-electron chi connectivity index (χ3n) is 3.85. The average Bonchev–Trinajstić information content (AvgIpc) is 2.98. The zero-order valence-electron chi connectivity index (χ0n) is 14.7. The number of fused-ring (bicyclic) bond motifs is 1. The Bertz CT molecular complexity index is 1180. The molecule has 0 aliphatic heterocycles. The van der Waals surface area contributed by atoms with Crippen LogP contribution in [0.1, 0.15) is 6.92 Å². The summed E-state index contributed by atoms with van der Waals surface area (Å²) in [7, 11) is -4.08. The lowest BCUT2D eigenvalue weighted by Gasteiger charge is -2.05. The molecule has 0 saturated carbocycles. The van der Waals surface area contributed by atoms with E-state index in [1.54, 1.807) is 10.6 Å². The molecule has 0 aliphatic carbocycles. The highest BCUT2D eigenvalue weighted by atomic mass is 32.2. The summed E-state index contributed by atoms with van der Waals surface area (Å²) in [4.78, 5) is 10.5. The molecule has 1 heterocycles. The number of hydrogen-bond donors (Lipinski definition) is 0. The largest absolute Gasteiger partial charge is 0.380 e. The van der Waals surface area contributed by atoms with Gasteiger partial charge in [-0.2, -0.15) is 8.42 Å². The Labute approximate surface area is 163 Å². The van der Waals surface area contributed by atoms with Gasteiger partial charge in [0.25, 0.3) is 15.7 Å². The van der Waals surface area contributed by atoms with Crippen LogP contribution < -0.4 is 4.80 Å². The first kappa shape index (κ1) is 20.1. The smallest absolute Gasteiger partial charge is 0.285 e. The molecule has 3 rings (SSSR count). The number of hydrogen-bond acceptors (Lipinski definition) is 6. The zero-order chi connectivity index (χ0) is 20.3. The van der Waals surface area contributed by atoms with Gasteiger partial charge in [-0.1, -0.05) is 11.3 Å². The van der Waals surface area contributed by atoms with Crippen LogP contribution in [-0.4, -0.2) is 31.1 Å². The van der Waals surface area contributed by atoms with Crippen LogP contribution in [0.15, 0.2) is 51.8 Å². The molecule has 0 saturated heterocycles. The minimum Gasteiger partial charge on any atom is -0.380 e. The van der Waals surface area contributed by atoms with E-state index in [-0.39, 0.29) is 15.4 Å². The molecule has 0 amide bonds. The van der Waals surface area contributed by atoms with Crippen molar-refractivity contribution >= 4 is 37.3 Å². The monoisotopic (exact) mass is 425 g/mol. The Morgan fingerprint density at radius 3 is 2.61 bits per heavy atom. The molecule has 3 aromatic rings. The second kappa shape index (κ2) is 8.17. The van der Waals surface area contributed by atoms with Crippen molar-refractivity contribution < 1.29 is 22.5 Å². The number of non-ortho nitro benzene ring substituents is 1. The van der Waals surface area contributed by atoms with Gasteiger partial charge >= 0.3 is 0 Å². The van der Waals surface area contributed by atoms with Crippen molar-refractivity contribution in [2.75, 3.05) is 13.2 Å². The van der Waals surface area contributed by atoms with E-state index in [0.29, 0.717) is 30.0 Å². The molecule has 0 fully saturated rings. The lowest BCUT2D eigenvalue weighted by molar-refractivity contribution is -0.384. The summed E-state index contributed by atoms with van der Waals surface area (Å²) in [5, 5.41) is 11.0. The number of nitrogens with zero attached hydrogens (tertiary/aromatic N) is 3. The minimum absolute atomic E-state index is 0.0985. The van der Waals surface area contributed by atoms with E-state index in [1.807, 2.05) is 6.92 Å². The molecule has 28 heavy (non-hydrogen) atoms. The minimum atomic E-state index is -4.08. The van der Waals surface area contributed by atoms with Gasteiger partial charge < -0.3 is 9.30 Å². The van der Waals surface area contributed by atoms with Gasteiger partial charge in [-0.05, 0) is 37.3 Å². The first-order valence-corrected chi connectivity index (χ1v) is 10.5. The van der Waals surface area contributed by atoms with Gasteiger partial charge in [0.15, 0.2) is 0 Å². The number of nitro benzene ring substituents is 1. The molecule has 0 aliphatic rings. The second-order valence-electron chi connectivity index (χ2n) is 5.66. The number of sulfonamides is 1. The van der Waals surface area contributed by atoms with Crippen LogP contribution in [0.4, 0.5) is 10.1 Å². The molecule has 0 spiro atoms. The van der Waals surface area contributed by atoms with Crippen LogP contribution in [0.5, 0.6) is 0 Å². The van der Waals surface area contributed by atoms with Crippen LogP contribution in [0.25, 0.3) is 10.2 Å². The third-order valence-corrected chi connectivity index (χ3v) is 6.29. The Kier molecular flexibility index (Phi) is 5.87. The quantitative estimate of drug-likeness (QED) is 0.329. The van der Waals surface area contributed by atoms with Gasteiger partial charge in [0.05, 0.1) is 26.6 Å². The highest BCUT2D eigenvalue weighted by Gasteiger charge is 2.16. The summed E-state index contributed by atoms with van der Waals surface area (Å²) in [6.07, 6.45) is 0. The van der Waals surface area contributed by atoms with Gasteiger partial charge in [0.1, 0.15) is 5.82 Å². The summed E-state index contributed by atoms with van der Waals surface area (Å²) >= 11 is 1.02. The molecule has 1 aromatic heterocycles. The number of halogens is 1.